The molecule has 33 heavy (non-hydrogen) atoms. The molecule has 2 aromatic rings. The molecule has 3 N–H and O–H groups in total. The van der Waals surface area contributed by atoms with E-state index in [4.69, 9.17) is 9.47 Å². The van der Waals surface area contributed by atoms with Crippen LogP contribution in [-0.4, -0.2) is 46.9 Å². The maximum atomic E-state index is 13.1. The van der Waals surface area contributed by atoms with E-state index >= 15 is 0 Å². The standard InChI is InChI=1S/C25H30N2O6/c1-32-21(28)12-25(23(29)30,11-18-13-26-20-5-3-2-4-19(18)20)27-24(31)33-22-16-7-14-6-15(9-16)10-17(22)8-14/h2-5,13-17,22,26H,6-12H2,1H3,(H,27,31)(H,29,30). The SMILES string of the molecule is COC(=O)CC(Cc1c[nH]c2ccccc12)(NC(=O)OC1C2CC3CC(C2)CC1C3)C(=O)O. The lowest BCUT2D eigenvalue weighted by Gasteiger charge is -2.53. The van der Waals surface area contributed by atoms with E-state index in [0.29, 0.717) is 17.4 Å². The number of nitrogens with one attached hydrogen (secondary N) is 2. The predicted octanol–water partition coefficient (Wildman–Crippen LogP) is 3.65. The summed E-state index contributed by atoms with van der Waals surface area (Å²) in [6.45, 7) is 0. The number of rotatable bonds is 7. The molecule has 4 aliphatic rings. The van der Waals surface area contributed by atoms with Crippen LogP contribution in [0, 0.1) is 23.7 Å². The van der Waals surface area contributed by atoms with Gasteiger partial charge in [-0.1, -0.05) is 18.2 Å². The molecule has 176 valence electrons. The molecular weight excluding hydrogens is 424 g/mol. The number of H-pyrrole nitrogens is 1. The van der Waals surface area contributed by atoms with Gasteiger partial charge in [0.1, 0.15) is 6.10 Å². The first-order chi connectivity index (χ1) is 15.9. The quantitative estimate of drug-likeness (QED) is 0.550. The number of esters is 1. The topological polar surface area (TPSA) is 118 Å². The molecule has 4 bridgehead atoms. The van der Waals surface area contributed by atoms with Gasteiger partial charge in [0.25, 0.3) is 0 Å². The first-order valence-corrected chi connectivity index (χ1v) is 11.7. The Morgan fingerprint density at radius 2 is 1.76 bits per heavy atom. The van der Waals surface area contributed by atoms with Crippen LogP contribution in [-0.2, 0) is 25.5 Å². The highest BCUT2D eigenvalue weighted by Crippen LogP contribution is 2.54. The Kier molecular flexibility index (Phi) is 5.54. The van der Waals surface area contributed by atoms with Gasteiger partial charge in [0.2, 0.25) is 0 Å². The lowest BCUT2D eigenvalue weighted by molar-refractivity contribution is -0.153. The Morgan fingerprint density at radius 3 is 2.39 bits per heavy atom. The number of carboxylic acids is 1. The number of carboxylic acid groups (broad SMARTS) is 1. The lowest BCUT2D eigenvalue weighted by atomic mass is 9.55. The lowest BCUT2D eigenvalue weighted by Crippen LogP contribution is -2.59. The van der Waals surface area contributed by atoms with Gasteiger partial charge in [-0.3, -0.25) is 4.79 Å². The fourth-order valence-electron chi connectivity index (χ4n) is 6.69. The zero-order valence-electron chi connectivity index (χ0n) is 18.7. The molecule has 1 amide bonds. The van der Waals surface area contributed by atoms with Gasteiger partial charge in [-0.15, -0.1) is 0 Å². The molecule has 0 aliphatic heterocycles. The van der Waals surface area contributed by atoms with Gasteiger partial charge < -0.3 is 24.9 Å². The minimum Gasteiger partial charge on any atom is -0.479 e. The van der Waals surface area contributed by atoms with Gasteiger partial charge in [0, 0.05) is 23.5 Å². The number of methoxy groups -OCH3 is 1. The van der Waals surface area contributed by atoms with E-state index < -0.39 is 30.0 Å². The number of aromatic nitrogens is 1. The summed E-state index contributed by atoms with van der Waals surface area (Å²) in [6.07, 6.45) is 5.75. The Hall–Kier alpha value is -3.03. The van der Waals surface area contributed by atoms with Crippen molar-refractivity contribution in [1.82, 2.24) is 10.3 Å². The highest BCUT2D eigenvalue weighted by Gasteiger charge is 2.51. The average Bonchev–Trinajstić information content (AvgIpc) is 3.18. The molecule has 1 atom stereocenters. The molecule has 0 saturated heterocycles. The van der Waals surface area contributed by atoms with Gasteiger partial charge in [0.05, 0.1) is 13.5 Å². The van der Waals surface area contributed by atoms with Gasteiger partial charge >= 0.3 is 18.0 Å². The van der Waals surface area contributed by atoms with E-state index in [0.717, 1.165) is 48.4 Å². The molecule has 4 aliphatic carbocycles. The van der Waals surface area contributed by atoms with Crippen LogP contribution in [0.4, 0.5) is 4.79 Å². The zero-order chi connectivity index (χ0) is 23.2. The summed E-state index contributed by atoms with van der Waals surface area (Å²) < 4.78 is 10.7. The summed E-state index contributed by atoms with van der Waals surface area (Å²) in [4.78, 5) is 40.9. The predicted molar refractivity (Wildman–Crippen MR) is 119 cm³/mol. The number of para-hydroxylation sites is 1. The summed E-state index contributed by atoms with van der Waals surface area (Å²) in [5, 5.41) is 13.6. The fraction of sp³-hybridized carbons (Fsp3) is 0.560. The normalized spacial score (nSPS) is 29.4. The number of carbonyl (C=O) groups excluding carboxylic acids is 2. The second-order valence-electron chi connectivity index (χ2n) is 10.1. The summed E-state index contributed by atoms with van der Waals surface area (Å²) >= 11 is 0. The number of hydrogen-bond donors (Lipinski definition) is 3. The summed E-state index contributed by atoms with van der Waals surface area (Å²) in [5.74, 6) is 0.137. The number of ether oxygens (including phenoxy) is 2. The number of amides is 1. The van der Waals surface area contributed by atoms with Gasteiger partial charge in [-0.2, -0.15) is 0 Å². The highest BCUT2D eigenvalue weighted by molar-refractivity contribution is 5.91. The molecule has 8 heteroatoms. The molecule has 4 fully saturated rings. The largest absolute Gasteiger partial charge is 0.479 e. The Labute approximate surface area is 192 Å². The van der Waals surface area contributed by atoms with Crippen molar-refractivity contribution in [3.63, 3.8) is 0 Å². The third-order valence-corrected chi connectivity index (χ3v) is 7.98. The van der Waals surface area contributed by atoms with Crippen molar-refractivity contribution in [3.8, 4) is 0 Å². The van der Waals surface area contributed by atoms with Crippen LogP contribution < -0.4 is 5.32 Å². The molecule has 4 saturated carbocycles. The summed E-state index contributed by atoms with van der Waals surface area (Å²) in [7, 11) is 1.20. The van der Waals surface area contributed by atoms with Crippen molar-refractivity contribution in [2.45, 2.75) is 56.6 Å². The second-order valence-corrected chi connectivity index (χ2v) is 10.1. The molecule has 0 spiro atoms. The van der Waals surface area contributed by atoms with E-state index in [1.807, 2.05) is 24.3 Å². The third kappa shape index (κ3) is 4.07. The molecule has 1 unspecified atom stereocenters. The van der Waals surface area contributed by atoms with Crippen molar-refractivity contribution in [1.29, 1.82) is 0 Å². The minimum absolute atomic E-state index is 0.0851. The van der Waals surface area contributed by atoms with Crippen LogP contribution in [0.3, 0.4) is 0 Å². The average molecular weight is 455 g/mol. The van der Waals surface area contributed by atoms with Gasteiger partial charge in [-0.25, -0.2) is 9.59 Å². The number of alkyl carbamates (subject to hydrolysis) is 1. The summed E-state index contributed by atoms with van der Waals surface area (Å²) in [5.41, 5.74) is -0.353. The number of carbonyl (C=O) groups is 3. The maximum absolute atomic E-state index is 13.1. The van der Waals surface area contributed by atoms with Crippen LogP contribution in [0.5, 0.6) is 0 Å². The smallest absolute Gasteiger partial charge is 0.408 e. The van der Waals surface area contributed by atoms with E-state index in [-0.39, 0.29) is 12.5 Å². The molecule has 1 aromatic carbocycles. The van der Waals surface area contributed by atoms with Crippen LogP contribution in [0.1, 0.15) is 44.1 Å². The summed E-state index contributed by atoms with van der Waals surface area (Å²) in [6, 6.07) is 7.49. The van der Waals surface area contributed by atoms with Crippen molar-refractivity contribution >= 4 is 28.9 Å². The molecule has 1 heterocycles. The van der Waals surface area contributed by atoms with Gasteiger partial charge in [-0.05, 0) is 67.4 Å². The molecular formula is C25H30N2O6. The van der Waals surface area contributed by atoms with Crippen LogP contribution in [0.2, 0.25) is 0 Å². The zero-order valence-corrected chi connectivity index (χ0v) is 18.7. The maximum Gasteiger partial charge on any atom is 0.408 e. The van der Waals surface area contributed by atoms with Gasteiger partial charge in [0.15, 0.2) is 5.54 Å². The Balaban J connectivity index is 1.38. The van der Waals surface area contributed by atoms with Crippen molar-refractivity contribution in [2.24, 2.45) is 23.7 Å². The number of benzene rings is 1. The number of aliphatic carboxylic acids is 1. The molecule has 6 rings (SSSR count). The fourth-order valence-corrected chi connectivity index (χ4v) is 6.69. The van der Waals surface area contributed by atoms with Crippen LogP contribution >= 0.6 is 0 Å². The van der Waals surface area contributed by atoms with E-state index in [9.17, 15) is 19.5 Å². The Morgan fingerprint density at radius 1 is 1.09 bits per heavy atom. The van der Waals surface area contributed by atoms with E-state index in [2.05, 4.69) is 10.3 Å². The number of aromatic amines is 1. The second kappa shape index (κ2) is 8.39. The van der Waals surface area contributed by atoms with Crippen molar-refractivity contribution in [2.75, 3.05) is 7.11 Å². The number of fused-ring (bicyclic) bond motifs is 1. The first-order valence-electron chi connectivity index (χ1n) is 11.7. The van der Waals surface area contributed by atoms with Crippen molar-refractivity contribution < 1.29 is 29.0 Å². The van der Waals surface area contributed by atoms with E-state index in [1.54, 1.807) is 6.20 Å². The third-order valence-electron chi connectivity index (χ3n) is 7.98. The molecule has 8 nitrogen and oxygen atoms in total. The molecule has 0 radical (unpaired) electrons. The molecule has 1 aromatic heterocycles. The van der Waals surface area contributed by atoms with Crippen LogP contribution in [0.15, 0.2) is 30.5 Å². The minimum atomic E-state index is -1.89. The van der Waals surface area contributed by atoms with E-state index in [1.165, 1.54) is 13.5 Å². The first kappa shape index (κ1) is 21.8. The van der Waals surface area contributed by atoms with Crippen molar-refractivity contribution in [3.05, 3.63) is 36.0 Å². The monoisotopic (exact) mass is 454 g/mol. The Bertz CT molecular complexity index is 1050. The highest BCUT2D eigenvalue weighted by atomic mass is 16.6. The van der Waals surface area contributed by atoms with Crippen LogP contribution in [0.25, 0.3) is 10.9 Å². The number of hydrogen-bond acceptors (Lipinski definition) is 5.